The number of halogens is 1. The van der Waals surface area contributed by atoms with Crippen molar-refractivity contribution in [1.29, 1.82) is 0 Å². The fourth-order valence-corrected chi connectivity index (χ4v) is 3.32. The predicted octanol–water partition coefficient (Wildman–Crippen LogP) is 4.08. The molecule has 38 heavy (non-hydrogen) atoms. The maximum atomic E-state index is 10.7. The van der Waals surface area contributed by atoms with Crippen LogP contribution in [0.15, 0.2) is 41.3 Å². The van der Waals surface area contributed by atoms with Gasteiger partial charge in [0, 0.05) is 18.6 Å². The molecule has 0 fully saturated rings. The first kappa shape index (κ1) is 33.7. The topological polar surface area (TPSA) is 234 Å². The van der Waals surface area contributed by atoms with Crippen molar-refractivity contribution in [2.24, 2.45) is 0 Å². The summed E-state index contributed by atoms with van der Waals surface area (Å²) in [5.74, 6) is -0.861. The molecule has 2 aromatic carbocycles. The normalized spacial score (nSPS) is 10.3. The fraction of sp³-hybridized carbons (Fsp3) is 0.238. The molecule has 0 atom stereocenters. The number of rotatable bonds is 9. The molecule has 0 aliphatic heterocycles. The number of nitrogens with zero attached hydrogens (tertiary/aromatic N) is 2. The monoisotopic (exact) mass is 578 g/mol. The molecule has 0 aromatic heterocycles. The zero-order valence-electron chi connectivity index (χ0n) is 20.1. The lowest BCUT2D eigenvalue weighted by molar-refractivity contribution is -0.396. The molecule has 0 heterocycles. The van der Waals surface area contributed by atoms with E-state index in [-0.39, 0.29) is 0 Å². The summed E-state index contributed by atoms with van der Waals surface area (Å²) in [5, 5.41) is 37.5. The molecular formula is C21H23ClN2O13S. The average Bonchev–Trinajstić information content (AvgIpc) is 2.82. The second kappa shape index (κ2) is 15.7. The molecule has 0 saturated carbocycles. The highest BCUT2D eigenvalue weighted by molar-refractivity contribution is 7.86. The van der Waals surface area contributed by atoms with E-state index in [1.807, 2.05) is 6.92 Å². The van der Waals surface area contributed by atoms with E-state index in [1.165, 1.54) is 20.3 Å². The largest absolute Gasteiger partial charge is 0.493 e. The summed E-state index contributed by atoms with van der Waals surface area (Å²) < 4.78 is 40.2. The smallest absolute Gasteiger partial charge is 0.328 e. The van der Waals surface area contributed by atoms with Crippen molar-refractivity contribution < 1.29 is 52.1 Å². The minimum Gasteiger partial charge on any atom is -0.493 e. The van der Waals surface area contributed by atoms with Gasteiger partial charge in [-0.1, -0.05) is 18.5 Å². The third-order valence-electron chi connectivity index (χ3n) is 4.01. The van der Waals surface area contributed by atoms with Crippen molar-refractivity contribution in [2.45, 2.75) is 24.7 Å². The summed E-state index contributed by atoms with van der Waals surface area (Å²) in [6, 6.07) is 5.13. The molecule has 2 aromatic rings. The van der Waals surface area contributed by atoms with Crippen LogP contribution in [0.5, 0.6) is 11.5 Å². The molecule has 17 heteroatoms. The summed E-state index contributed by atoms with van der Waals surface area (Å²) in [7, 11) is -1.82. The molecule has 0 unspecified atom stereocenters. The highest BCUT2D eigenvalue weighted by atomic mass is 35.5. The summed E-state index contributed by atoms with van der Waals surface area (Å²) >= 11 is 6.03. The van der Waals surface area contributed by atoms with Crippen LogP contribution in [0, 0.1) is 20.2 Å². The van der Waals surface area contributed by atoms with Crippen LogP contribution in [0.25, 0.3) is 6.08 Å². The molecule has 0 radical (unpaired) electrons. The SMILES string of the molecule is CCCC(=O)O.COc1ccc(C=CC(=O)O)c(Cl)c1OC.O=[N+]([O-])c1ccc(S(=O)(=O)O)c([N+](=O)[O-])c1. The maximum Gasteiger partial charge on any atom is 0.328 e. The number of ether oxygens (including phenoxy) is 2. The summed E-state index contributed by atoms with van der Waals surface area (Å²) in [6.07, 6.45) is 3.43. The predicted molar refractivity (Wildman–Crippen MR) is 133 cm³/mol. The number of aliphatic carboxylic acids is 2. The highest BCUT2D eigenvalue weighted by Gasteiger charge is 2.26. The zero-order chi connectivity index (χ0) is 29.6. The first-order valence-corrected chi connectivity index (χ1v) is 11.9. The lowest BCUT2D eigenvalue weighted by Crippen LogP contribution is -2.04. The standard InChI is InChI=1S/C11H11ClO4.C6H4N2O7S.C4H8O2/c1-15-8-5-3-7(4-6-9(13)14)10(12)11(8)16-2;9-7(10)4-1-2-6(16(13,14)15)5(3-4)8(11)12;1-2-3-4(5)6/h3-6H,1-2H3,(H,13,14);1-3H,(H,13,14,15);2-3H2,1H3,(H,5,6). The molecule has 0 saturated heterocycles. The number of benzene rings is 2. The number of hydrogen-bond acceptors (Lipinski definition) is 10. The van der Waals surface area contributed by atoms with Crippen LogP contribution in [0.2, 0.25) is 5.02 Å². The Morgan fingerprint density at radius 2 is 1.66 bits per heavy atom. The number of carboxylic acids is 2. The average molecular weight is 579 g/mol. The van der Waals surface area contributed by atoms with Crippen LogP contribution in [-0.4, -0.2) is 59.2 Å². The van der Waals surface area contributed by atoms with Gasteiger partial charge in [0.1, 0.15) is 0 Å². The Bertz CT molecular complexity index is 1310. The zero-order valence-corrected chi connectivity index (χ0v) is 21.6. The van der Waals surface area contributed by atoms with Gasteiger partial charge in [0.15, 0.2) is 16.4 Å². The molecule has 2 rings (SSSR count). The number of nitro groups is 2. The third kappa shape index (κ3) is 11.2. The van der Waals surface area contributed by atoms with Crippen LogP contribution in [-0.2, 0) is 19.7 Å². The minimum atomic E-state index is -4.79. The van der Waals surface area contributed by atoms with Crippen molar-refractivity contribution in [3.8, 4) is 11.5 Å². The summed E-state index contributed by atoms with van der Waals surface area (Å²) in [6.45, 7) is 1.84. The number of carboxylic acid groups (broad SMARTS) is 2. The molecule has 0 aliphatic rings. The molecule has 0 aliphatic carbocycles. The number of carbonyl (C=O) groups is 2. The first-order chi connectivity index (χ1) is 17.6. The van der Waals surface area contributed by atoms with Gasteiger partial charge in [-0.25, -0.2) is 4.79 Å². The van der Waals surface area contributed by atoms with E-state index < -0.39 is 48.2 Å². The van der Waals surface area contributed by atoms with Crippen molar-refractivity contribution in [3.63, 3.8) is 0 Å². The Balaban J connectivity index is 0.000000596. The van der Waals surface area contributed by atoms with Crippen LogP contribution in [0.1, 0.15) is 25.3 Å². The second-order valence-electron chi connectivity index (χ2n) is 6.66. The molecule has 0 amide bonds. The van der Waals surface area contributed by atoms with Gasteiger partial charge in [0.25, 0.3) is 11.4 Å². The maximum absolute atomic E-state index is 10.7. The Hall–Kier alpha value is -4.28. The number of non-ortho nitro benzene ring substituents is 1. The van der Waals surface area contributed by atoms with E-state index in [9.17, 15) is 38.2 Å². The molecule has 3 N–H and O–H groups in total. The van der Waals surface area contributed by atoms with Crippen molar-refractivity contribution >= 4 is 51.1 Å². The van der Waals surface area contributed by atoms with E-state index >= 15 is 0 Å². The van der Waals surface area contributed by atoms with Crippen LogP contribution >= 0.6 is 11.6 Å². The Morgan fingerprint density at radius 1 is 1.05 bits per heavy atom. The van der Waals surface area contributed by atoms with Crippen molar-refractivity contribution in [1.82, 2.24) is 0 Å². The van der Waals surface area contributed by atoms with E-state index in [0.717, 1.165) is 18.6 Å². The summed E-state index contributed by atoms with van der Waals surface area (Å²) in [5.41, 5.74) is -1.13. The molecular weight excluding hydrogens is 556 g/mol. The van der Waals surface area contributed by atoms with Gasteiger partial charge in [-0.05, 0) is 36.3 Å². The quantitative estimate of drug-likeness (QED) is 0.165. The van der Waals surface area contributed by atoms with E-state index in [2.05, 4.69) is 0 Å². The minimum absolute atomic E-state index is 0.292. The second-order valence-corrected chi connectivity index (χ2v) is 8.43. The van der Waals surface area contributed by atoms with Gasteiger partial charge < -0.3 is 19.7 Å². The molecule has 0 spiro atoms. The van der Waals surface area contributed by atoms with Crippen LogP contribution in [0.3, 0.4) is 0 Å². The van der Waals surface area contributed by atoms with Gasteiger partial charge in [0.2, 0.25) is 0 Å². The fourth-order valence-electron chi connectivity index (χ4n) is 2.39. The van der Waals surface area contributed by atoms with Crippen molar-refractivity contribution in [2.75, 3.05) is 14.2 Å². The lowest BCUT2D eigenvalue weighted by atomic mass is 10.2. The van der Waals surface area contributed by atoms with Gasteiger partial charge in [-0.2, -0.15) is 8.42 Å². The Kier molecular flexibility index (Phi) is 14.0. The first-order valence-electron chi connectivity index (χ1n) is 10.0. The van der Waals surface area contributed by atoms with E-state index in [1.54, 1.807) is 12.1 Å². The van der Waals surface area contributed by atoms with Crippen LogP contribution < -0.4 is 9.47 Å². The van der Waals surface area contributed by atoms with Gasteiger partial charge in [-0.3, -0.25) is 29.6 Å². The molecule has 15 nitrogen and oxygen atoms in total. The third-order valence-corrected chi connectivity index (χ3v) is 5.30. The number of nitro benzene ring substituents is 2. The lowest BCUT2D eigenvalue weighted by Gasteiger charge is -2.10. The Labute approximate surface area is 220 Å². The van der Waals surface area contributed by atoms with Crippen molar-refractivity contribution in [3.05, 3.63) is 67.2 Å². The number of methoxy groups -OCH3 is 2. The number of hydrogen-bond donors (Lipinski definition) is 3. The van der Waals surface area contributed by atoms with Gasteiger partial charge in [-0.15, -0.1) is 0 Å². The molecule has 0 bridgehead atoms. The van der Waals surface area contributed by atoms with Gasteiger partial charge >= 0.3 is 22.1 Å². The summed E-state index contributed by atoms with van der Waals surface area (Å²) in [4.78, 5) is 37.7. The van der Waals surface area contributed by atoms with Gasteiger partial charge in [0.05, 0.1) is 35.2 Å². The highest BCUT2D eigenvalue weighted by Crippen LogP contribution is 2.37. The van der Waals surface area contributed by atoms with E-state index in [0.29, 0.717) is 40.6 Å². The molecule has 208 valence electrons. The van der Waals surface area contributed by atoms with E-state index in [4.69, 9.17) is 35.8 Å². The Morgan fingerprint density at radius 3 is 2.03 bits per heavy atom. The van der Waals surface area contributed by atoms with Crippen LogP contribution in [0.4, 0.5) is 11.4 Å².